The normalized spacial score (nSPS) is 17.7. The van der Waals surface area contributed by atoms with E-state index in [-0.39, 0.29) is 5.91 Å². The number of nitrogens with one attached hydrogen (secondary N) is 1. The van der Waals surface area contributed by atoms with Crippen LogP contribution in [0.5, 0.6) is 5.75 Å². The molecule has 23 heavy (non-hydrogen) atoms. The minimum Gasteiger partial charge on any atom is -0.497 e. The summed E-state index contributed by atoms with van der Waals surface area (Å²) in [6.07, 6.45) is 4.15. The van der Waals surface area contributed by atoms with Crippen LogP contribution in [0.2, 0.25) is 0 Å². The van der Waals surface area contributed by atoms with Crippen molar-refractivity contribution in [1.29, 1.82) is 0 Å². The predicted octanol–water partition coefficient (Wildman–Crippen LogP) is 3.44. The number of anilines is 2. The van der Waals surface area contributed by atoms with Gasteiger partial charge < -0.3 is 15.0 Å². The maximum Gasteiger partial charge on any atom is 0.257 e. The number of fused-ring (bicyclic) bond motifs is 2. The van der Waals surface area contributed by atoms with Crippen LogP contribution in [-0.4, -0.2) is 19.6 Å². The number of amides is 1. The molecule has 2 aliphatic rings. The first kappa shape index (κ1) is 13.9. The van der Waals surface area contributed by atoms with Crippen molar-refractivity contribution in [2.45, 2.75) is 12.8 Å². The van der Waals surface area contributed by atoms with E-state index in [9.17, 15) is 4.79 Å². The van der Waals surface area contributed by atoms with Gasteiger partial charge in [0.2, 0.25) is 0 Å². The molecule has 1 amide bonds. The van der Waals surface area contributed by atoms with E-state index in [1.807, 2.05) is 30.5 Å². The maximum atomic E-state index is 12.4. The molecular formula is C19H18N2O2. The molecular weight excluding hydrogens is 288 g/mol. The van der Waals surface area contributed by atoms with Crippen LogP contribution in [0.15, 0.2) is 48.7 Å². The quantitative estimate of drug-likeness (QED) is 0.864. The maximum absolute atomic E-state index is 12.4. The Kier molecular flexibility index (Phi) is 3.30. The first-order valence-corrected chi connectivity index (χ1v) is 7.82. The topological polar surface area (TPSA) is 41.6 Å². The Bertz CT molecular complexity index is 811. The van der Waals surface area contributed by atoms with Crippen molar-refractivity contribution >= 4 is 22.9 Å². The Morgan fingerprint density at radius 2 is 2.09 bits per heavy atom. The molecule has 116 valence electrons. The van der Waals surface area contributed by atoms with Crippen LogP contribution in [0.1, 0.15) is 17.5 Å². The number of benzene rings is 2. The Morgan fingerprint density at radius 3 is 2.96 bits per heavy atom. The second-order valence-electron chi connectivity index (χ2n) is 5.83. The van der Waals surface area contributed by atoms with Gasteiger partial charge in [0.1, 0.15) is 5.75 Å². The van der Waals surface area contributed by atoms with Gasteiger partial charge in [0.15, 0.2) is 0 Å². The van der Waals surface area contributed by atoms with Gasteiger partial charge in [-0.25, -0.2) is 0 Å². The summed E-state index contributed by atoms with van der Waals surface area (Å²) >= 11 is 0. The average molecular weight is 306 g/mol. The molecule has 0 aliphatic carbocycles. The molecule has 0 spiro atoms. The predicted molar refractivity (Wildman–Crippen MR) is 91.7 cm³/mol. The molecule has 0 radical (unpaired) electrons. The van der Waals surface area contributed by atoms with Gasteiger partial charge in [-0.1, -0.05) is 18.2 Å². The van der Waals surface area contributed by atoms with Crippen LogP contribution in [0, 0.1) is 0 Å². The van der Waals surface area contributed by atoms with Crippen LogP contribution in [-0.2, 0) is 11.2 Å². The molecule has 4 heteroatoms. The van der Waals surface area contributed by atoms with Gasteiger partial charge in [-0.05, 0) is 42.7 Å². The first-order valence-electron chi connectivity index (χ1n) is 7.82. The highest BCUT2D eigenvalue weighted by molar-refractivity contribution is 6.31. The third-order valence-electron chi connectivity index (χ3n) is 4.44. The minimum absolute atomic E-state index is 0.0590. The van der Waals surface area contributed by atoms with Crippen LogP contribution >= 0.6 is 0 Å². The van der Waals surface area contributed by atoms with Crippen molar-refractivity contribution in [2.75, 3.05) is 23.9 Å². The van der Waals surface area contributed by atoms with Gasteiger partial charge in [-0.15, -0.1) is 0 Å². The van der Waals surface area contributed by atoms with Gasteiger partial charge in [-0.2, -0.15) is 0 Å². The van der Waals surface area contributed by atoms with Crippen LogP contribution < -0.4 is 15.0 Å². The molecule has 0 saturated carbocycles. The third kappa shape index (κ3) is 2.36. The lowest BCUT2D eigenvalue weighted by molar-refractivity contribution is -0.110. The molecule has 2 heterocycles. The highest BCUT2D eigenvalue weighted by atomic mass is 16.5. The second kappa shape index (κ2) is 5.47. The number of aryl methyl sites for hydroxylation is 1. The molecule has 0 bridgehead atoms. The Morgan fingerprint density at radius 1 is 1.22 bits per heavy atom. The molecule has 4 rings (SSSR count). The number of hydrogen-bond donors (Lipinski definition) is 1. The fraction of sp³-hybridized carbons (Fsp3) is 0.211. The van der Waals surface area contributed by atoms with Gasteiger partial charge in [0, 0.05) is 29.7 Å². The summed E-state index contributed by atoms with van der Waals surface area (Å²) in [6.45, 7) is 0.924. The van der Waals surface area contributed by atoms with E-state index in [0.29, 0.717) is 5.57 Å². The molecule has 2 aliphatic heterocycles. The van der Waals surface area contributed by atoms with Gasteiger partial charge >= 0.3 is 0 Å². The van der Waals surface area contributed by atoms with Crippen molar-refractivity contribution in [3.8, 4) is 5.75 Å². The fourth-order valence-electron chi connectivity index (χ4n) is 3.27. The van der Waals surface area contributed by atoms with Crippen molar-refractivity contribution in [2.24, 2.45) is 0 Å². The van der Waals surface area contributed by atoms with Gasteiger partial charge in [-0.3, -0.25) is 4.79 Å². The summed E-state index contributed by atoms with van der Waals surface area (Å²) in [5.74, 6) is 0.696. The van der Waals surface area contributed by atoms with E-state index < -0.39 is 0 Å². The summed E-state index contributed by atoms with van der Waals surface area (Å²) in [6, 6.07) is 14.0. The molecule has 0 unspecified atom stereocenters. The summed E-state index contributed by atoms with van der Waals surface area (Å²) < 4.78 is 5.29. The Hall–Kier alpha value is -2.75. The lowest BCUT2D eigenvalue weighted by atomic mass is 10.0. The van der Waals surface area contributed by atoms with E-state index in [4.69, 9.17) is 4.74 Å². The van der Waals surface area contributed by atoms with Crippen LogP contribution in [0.4, 0.5) is 11.4 Å². The standard InChI is InChI=1S/C19H18N2O2/c1-23-14-8-9-17-15(11-14)16(19(22)20-17)12-21-10-4-6-13-5-2-3-7-18(13)21/h2-3,5,7-9,11-12H,4,6,10H2,1H3,(H,20,22)/b16-12-. The first-order chi connectivity index (χ1) is 11.3. The number of carbonyl (C=O) groups excluding carboxylic acids is 1. The zero-order valence-corrected chi connectivity index (χ0v) is 13.0. The fourth-order valence-corrected chi connectivity index (χ4v) is 3.27. The number of carbonyl (C=O) groups is 1. The van der Waals surface area contributed by atoms with E-state index in [1.54, 1.807) is 7.11 Å². The molecule has 0 saturated heterocycles. The highest BCUT2D eigenvalue weighted by Gasteiger charge is 2.26. The summed E-state index contributed by atoms with van der Waals surface area (Å²) in [7, 11) is 1.64. The number of nitrogens with zero attached hydrogens (tertiary/aromatic N) is 1. The minimum atomic E-state index is -0.0590. The number of rotatable bonds is 2. The largest absolute Gasteiger partial charge is 0.497 e. The van der Waals surface area contributed by atoms with Crippen molar-refractivity contribution in [3.05, 3.63) is 59.8 Å². The number of hydrogen-bond acceptors (Lipinski definition) is 3. The lowest BCUT2D eigenvalue weighted by Gasteiger charge is -2.28. The molecule has 2 aromatic rings. The molecule has 2 aromatic carbocycles. The molecule has 0 atom stereocenters. The lowest BCUT2D eigenvalue weighted by Crippen LogP contribution is -2.24. The van der Waals surface area contributed by atoms with Crippen molar-refractivity contribution < 1.29 is 9.53 Å². The van der Waals surface area contributed by atoms with Crippen molar-refractivity contribution in [3.63, 3.8) is 0 Å². The number of methoxy groups -OCH3 is 1. The zero-order valence-electron chi connectivity index (χ0n) is 13.0. The van der Waals surface area contributed by atoms with E-state index in [2.05, 4.69) is 28.4 Å². The van der Waals surface area contributed by atoms with Crippen LogP contribution in [0.3, 0.4) is 0 Å². The van der Waals surface area contributed by atoms with E-state index in [1.165, 1.54) is 11.3 Å². The van der Waals surface area contributed by atoms with E-state index >= 15 is 0 Å². The smallest absolute Gasteiger partial charge is 0.257 e. The summed E-state index contributed by atoms with van der Waals surface area (Å²) in [5.41, 5.74) is 4.95. The molecule has 0 aromatic heterocycles. The third-order valence-corrected chi connectivity index (χ3v) is 4.44. The average Bonchev–Trinajstić information content (AvgIpc) is 2.90. The summed E-state index contributed by atoms with van der Waals surface area (Å²) in [4.78, 5) is 14.6. The Labute approximate surface area is 135 Å². The number of ether oxygens (including phenoxy) is 1. The highest BCUT2D eigenvalue weighted by Crippen LogP contribution is 2.36. The summed E-state index contributed by atoms with van der Waals surface area (Å²) in [5, 5.41) is 2.92. The Balaban J connectivity index is 1.77. The van der Waals surface area contributed by atoms with Crippen molar-refractivity contribution in [1.82, 2.24) is 0 Å². The van der Waals surface area contributed by atoms with Gasteiger partial charge in [0.25, 0.3) is 5.91 Å². The zero-order chi connectivity index (χ0) is 15.8. The van der Waals surface area contributed by atoms with E-state index in [0.717, 1.165) is 36.4 Å². The van der Waals surface area contributed by atoms with Gasteiger partial charge in [0.05, 0.1) is 12.7 Å². The second-order valence-corrected chi connectivity index (χ2v) is 5.83. The van der Waals surface area contributed by atoms with Crippen LogP contribution in [0.25, 0.3) is 5.57 Å². The molecule has 1 N–H and O–H groups in total. The molecule has 0 fully saturated rings. The SMILES string of the molecule is COc1ccc2c(c1)/C(=C/N1CCCc3ccccc31)C(=O)N2. The number of para-hydroxylation sites is 1. The molecule has 4 nitrogen and oxygen atoms in total. The monoisotopic (exact) mass is 306 g/mol.